The van der Waals surface area contributed by atoms with Crippen LogP contribution in [0.4, 0.5) is 0 Å². The van der Waals surface area contributed by atoms with Crippen LogP contribution in [0.2, 0.25) is 0 Å². The maximum absolute atomic E-state index is 13.0. The molecule has 0 bridgehead atoms. The normalized spacial score (nSPS) is 18.2. The number of nitrogens with zero attached hydrogens (tertiary/aromatic N) is 5. The van der Waals surface area contributed by atoms with Crippen molar-refractivity contribution in [3.8, 4) is 0 Å². The summed E-state index contributed by atoms with van der Waals surface area (Å²) in [5, 5.41) is 4.37. The third-order valence-corrected chi connectivity index (χ3v) is 4.63. The summed E-state index contributed by atoms with van der Waals surface area (Å²) in [4.78, 5) is 19.5. The van der Waals surface area contributed by atoms with Crippen LogP contribution in [0.15, 0.2) is 43.0 Å². The molecule has 0 saturated carbocycles. The maximum atomic E-state index is 13.0. The molecule has 0 N–H and O–H groups in total. The molecule has 6 heteroatoms. The summed E-state index contributed by atoms with van der Waals surface area (Å²) < 4.78 is 3.83. The molecule has 6 nitrogen and oxygen atoms in total. The molecule has 0 aliphatic carbocycles. The predicted octanol–water partition coefficient (Wildman–Crippen LogP) is 2.53. The first-order chi connectivity index (χ1) is 11.7. The van der Waals surface area contributed by atoms with Crippen LogP contribution >= 0.6 is 0 Å². The topological polar surface area (TPSA) is 55.4 Å². The van der Waals surface area contributed by atoms with Crippen molar-refractivity contribution in [2.75, 3.05) is 6.54 Å². The van der Waals surface area contributed by atoms with E-state index in [0.717, 1.165) is 43.6 Å². The highest BCUT2D eigenvalue weighted by molar-refractivity contribution is 5.93. The summed E-state index contributed by atoms with van der Waals surface area (Å²) in [5.41, 5.74) is 2.46. The highest BCUT2D eigenvalue weighted by atomic mass is 16.2. The second kappa shape index (κ2) is 6.11. The molecule has 1 saturated heterocycles. The number of piperidine rings is 1. The van der Waals surface area contributed by atoms with Crippen LogP contribution in [0, 0.1) is 6.92 Å². The van der Waals surface area contributed by atoms with Crippen LogP contribution < -0.4 is 0 Å². The molecule has 1 fully saturated rings. The first-order valence-electron chi connectivity index (χ1n) is 8.44. The fourth-order valence-electron chi connectivity index (χ4n) is 3.43. The largest absolute Gasteiger partial charge is 0.332 e. The van der Waals surface area contributed by atoms with Crippen LogP contribution in [0.25, 0.3) is 5.65 Å². The van der Waals surface area contributed by atoms with E-state index < -0.39 is 0 Å². The maximum Gasteiger partial charge on any atom is 0.274 e. The fourth-order valence-corrected chi connectivity index (χ4v) is 3.43. The van der Waals surface area contributed by atoms with E-state index in [1.54, 1.807) is 0 Å². The summed E-state index contributed by atoms with van der Waals surface area (Å²) in [5.74, 6) is 0.0206. The van der Waals surface area contributed by atoms with E-state index in [1.165, 1.54) is 0 Å². The Hall–Kier alpha value is -2.63. The number of aromatic nitrogens is 4. The van der Waals surface area contributed by atoms with Gasteiger partial charge in [-0.2, -0.15) is 5.10 Å². The molecule has 1 amide bonds. The first kappa shape index (κ1) is 14.9. The molecule has 4 heterocycles. The van der Waals surface area contributed by atoms with Crippen molar-refractivity contribution in [1.82, 2.24) is 24.1 Å². The van der Waals surface area contributed by atoms with E-state index >= 15 is 0 Å². The molecule has 1 atom stereocenters. The van der Waals surface area contributed by atoms with E-state index in [0.29, 0.717) is 5.69 Å². The average Bonchev–Trinajstić information content (AvgIpc) is 3.20. The molecule has 0 spiro atoms. The van der Waals surface area contributed by atoms with Gasteiger partial charge in [0.2, 0.25) is 0 Å². The lowest BCUT2D eigenvalue weighted by Gasteiger charge is -2.35. The highest BCUT2D eigenvalue weighted by Crippen LogP contribution is 2.21. The molecular weight excluding hydrogens is 302 g/mol. The fraction of sp³-hybridized carbons (Fsp3) is 0.389. The summed E-state index contributed by atoms with van der Waals surface area (Å²) in [6.07, 6.45) is 10.8. The summed E-state index contributed by atoms with van der Waals surface area (Å²) in [6, 6.07) is 5.96. The molecule has 0 unspecified atom stereocenters. The molecule has 0 radical (unpaired) electrons. The van der Waals surface area contributed by atoms with Gasteiger partial charge >= 0.3 is 0 Å². The minimum absolute atomic E-state index is 0.0206. The number of imidazole rings is 1. The van der Waals surface area contributed by atoms with Gasteiger partial charge in [-0.1, -0.05) is 6.07 Å². The van der Waals surface area contributed by atoms with Gasteiger partial charge < -0.3 is 9.30 Å². The minimum atomic E-state index is 0.0206. The van der Waals surface area contributed by atoms with Gasteiger partial charge in [-0.3, -0.25) is 9.48 Å². The lowest BCUT2D eigenvalue weighted by Crippen LogP contribution is -2.46. The average molecular weight is 323 g/mol. The number of hydrogen-bond donors (Lipinski definition) is 0. The zero-order valence-electron chi connectivity index (χ0n) is 13.8. The van der Waals surface area contributed by atoms with E-state index in [4.69, 9.17) is 0 Å². The van der Waals surface area contributed by atoms with Crippen LogP contribution in [-0.4, -0.2) is 42.6 Å². The summed E-state index contributed by atoms with van der Waals surface area (Å²) >= 11 is 0. The predicted molar refractivity (Wildman–Crippen MR) is 90.8 cm³/mol. The Balaban J connectivity index is 1.58. The van der Waals surface area contributed by atoms with Crippen LogP contribution in [0.5, 0.6) is 0 Å². The Morgan fingerprint density at radius 3 is 3.00 bits per heavy atom. The number of fused-ring (bicyclic) bond motifs is 1. The van der Waals surface area contributed by atoms with E-state index in [2.05, 4.69) is 10.1 Å². The van der Waals surface area contributed by atoms with Crippen molar-refractivity contribution in [2.24, 2.45) is 0 Å². The van der Waals surface area contributed by atoms with Gasteiger partial charge in [0, 0.05) is 25.1 Å². The van der Waals surface area contributed by atoms with E-state index in [-0.39, 0.29) is 11.9 Å². The molecule has 1 aliphatic heterocycles. The van der Waals surface area contributed by atoms with Crippen molar-refractivity contribution in [3.05, 3.63) is 54.2 Å². The smallest absolute Gasteiger partial charge is 0.274 e. The zero-order chi connectivity index (χ0) is 16.5. The van der Waals surface area contributed by atoms with E-state index in [1.807, 2.05) is 63.9 Å². The number of carbonyl (C=O) groups excluding carboxylic acids is 1. The number of likely N-dealkylation sites (tertiary alicyclic amines) is 1. The zero-order valence-corrected chi connectivity index (χ0v) is 13.8. The highest BCUT2D eigenvalue weighted by Gasteiger charge is 2.29. The summed E-state index contributed by atoms with van der Waals surface area (Å²) in [6.45, 7) is 3.56. The van der Waals surface area contributed by atoms with Gasteiger partial charge in [-0.15, -0.1) is 0 Å². The van der Waals surface area contributed by atoms with Crippen LogP contribution in [0.3, 0.4) is 0 Å². The lowest BCUT2D eigenvalue weighted by atomic mass is 10.0. The Morgan fingerprint density at radius 1 is 1.29 bits per heavy atom. The molecule has 3 aromatic rings. The standard InChI is InChI=1S/C18H21N5O/c1-14-10-19-22(11-14)12-15-6-2-5-9-23(15)18(24)16-13-21-8-4-3-7-17(21)20-16/h3-4,7-8,10-11,13,15H,2,5-6,9,12H2,1H3/t15-/m1/s1. The van der Waals surface area contributed by atoms with Gasteiger partial charge in [0.15, 0.2) is 0 Å². The molecular formula is C18H21N5O. The number of amides is 1. The van der Waals surface area contributed by atoms with E-state index in [9.17, 15) is 4.79 Å². The van der Waals surface area contributed by atoms with Gasteiger partial charge in [0.25, 0.3) is 5.91 Å². The van der Waals surface area contributed by atoms with Crippen molar-refractivity contribution in [1.29, 1.82) is 0 Å². The second-order valence-electron chi connectivity index (χ2n) is 6.48. The van der Waals surface area contributed by atoms with Crippen LogP contribution in [0.1, 0.15) is 35.3 Å². The molecule has 124 valence electrons. The number of hydrogen-bond acceptors (Lipinski definition) is 3. The molecule has 1 aliphatic rings. The first-order valence-corrected chi connectivity index (χ1v) is 8.44. The van der Waals surface area contributed by atoms with Crippen molar-refractivity contribution < 1.29 is 4.79 Å². The summed E-state index contributed by atoms with van der Waals surface area (Å²) in [7, 11) is 0. The number of carbonyl (C=O) groups is 1. The Morgan fingerprint density at radius 2 is 2.21 bits per heavy atom. The number of aryl methyl sites for hydroxylation is 1. The molecule has 3 aromatic heterocycles. The van der Waals surface area contributed by atoms with Gasteiger partial charge in [0.1, 0.15) is 11.3 Å². The molecule has 24 heavy (non-hydrogen) atoms. The third-order valence-electron chi connectivity index (χ3n) is 4.63. The Bertz CT molecular complexity index is 832. The Labute approximate surface area is 140 Å². The van der Waals surface area contributed by atoms with Crippen molar-refractivity contribution in [2.45, 2.75) is 38.8 Å². The SMILES string of the molecule is Cc1cnn(C[C@H]2CCCCN2C(=O)c2cn3ccccc3n2)c1. The molecule has 0 aromatic carbocycles. The second-order valence-corrected chi connectivity index (χ2v) is 6.48. The Kier molecular flexibility index (Phi) is 3.80. The van der Waals surface area contributed by atoms with Crippen molar-refractivity contribution >= 4 is 11.6 Å². The van der Waals surface area contributed by atoms with Gasteiger partial charge in [0.05, 0.1) is 18.8 Å². The lowest BCUT2D eigenvalue weighted by molar-refractivity contribution is 0.0578. The van der Waals surface area contributed by atoms with Gasteiger partial charge in [-0.25, -0.2) is 4.98 Å². The van der Waals surface area contributed by atoms with Gasteiger partial charge in [-0.05, 0) is 43.9 Å². The monoisotopic (exact) mass is 323 g/mol. The quantitative estimate of drug-likeness (QED) is 0.744. The minimum Gasteiger partial charge on any atom is -0.332 e. The third kappa shape index (κ3) is 2.79. The number of rotatable bonds is 3. The molecule has 4 rings (SSSR count). The number of pyridine rings is 1. The van der Waals surface area contributed by atoms with Crippen molar-refractivity contribution in [3.63, 3.8) is 0 Å². The van der Waals surface area contributed by atoms with Crippen LogP contribution in [-0.2, 0) is 6.54 Å².